The third-order valence-corrected chi connectivity index (χ3v) is 5.23. The van der Waals surface area contributed by atoms with Crippen LogP contribution in [0, 0.1) is 0 Å². The number of halogens is 2. The number of carbonyl (C=O) groups excluding carboxylic acids is 2. The second kappa shape index (κ2) is 6.41. The smallest absolute Gasteiger partial charge is 0.262 e. The molecule has 0 radical (unpaired) electrons. The fourth-order valence-corrected chi connectivity index (χ4v) is 3.38. The van der Waals surface area contributed by atoms with E-state index in [0.29, 0.717) is 23.7 Å². The van der Waals surface area contributed by atoms with E-state index in [2.05, 4.69) is 9.88 Å². The van der Waals surface area contributed by atoms with Crippen LogP contribution < -0.4 is 0 Å². The molecule has 0 spiro atoms. The van der Waals surface area contributed by atoms with E-state index in [1.807, 2.05) is 12.1 Å². The van der Waals surface area contributed by atoms with Crippen molar-refractivity contribution in [2.24, 2.45) is 0 Å². The van der Waals surface area contributed by atoms with Crippen LogP contribution in [0.5, 0.6) is 0 Å². The number of hydrogen-bond donors (Lipinski definition) is 0. The molecule has 0 N–H and O–H groups in total. The second-order valence-corrected chi connectivity index (χ2v) is 7.15. The topological polar surface area (TPSA) is 53.5 Å². The summed E-state index contributed by atoms with van der Waals surface area (Å²) in [7, 11) is 0. The molecule has 2 amide bonds. The molecule has 1 aromatic heterocycles. The van der Waals surface area contributed by atoms with Crippen molar-refractivity contribution in [1.82, 2.24) is 14.8 Å². The van der Waals surface area contributed by atoms with Gasteiger partial charge in [0, 0.05) is 25.0 Å². The highest BCUT2D eigenvalue weighted by Crippen LogP contribution is 2.33. The van der Waals surface area contributed by atoms with E-state index in [1.54, 1.807) is 12.4 Å². The largest absolute Gasteiger partial charge is 0.278 e. The number of rotatable bonds is 5. The Bertz CT molecular complexity index is 812. The van der Waals surface area contributed by atoms with Gasteiger partial charge in [0.05, 0.1) is 27.8 Å². The summed E-state index contributed by atoms with van der Waals surface area (Å²) >= 11 is 12.0. The van der Waals surface area contributed by atoms with Crippen molar-refractivity contribution < 1.29 is 9.59 Å². The van der Waals surface area contributed by atoms with Gasteiger partial charge in [0.25, 0.3) is 11.8 Å². The molecule has 1 aliphatic carbocycles. The quantitative estimate of drug-likeness (QED) is 0.749. The van der Waals surface area contributed by atoms with E-state index in [1.165, 1.54) is 17.0 Å². The molecule has 2 aromatic rings. The zero-order valence-electron chi connectivity index (χ0n) is 13.3. The van der Waals surface area contributed by atoms with Crippen molar-refractivity contribution >= 4 is 35.0 Å². The number of carbonyl (C=O) groups is 2. The van der Waals surface area contributed by atoms with Crippen molar-refractivity contribution in [3.8, 4) is 0 Å². The van der Waals surface area contributed by atoms with Gasteiger partial charge in [-0.2, -0.15) is 0 Å². The van der Waals surface area contributed by atoms with Crippen molar-refractivity contribution in [3.63, 3.8) is 0 Å². The number of imide groups is 1. The third kappa shape index (κ3) is 3.15. The van der Waals surface area contributed by atoms with E-state index >= 15 is 0 Å². The number of fused-ring (bicyclic) bond motifs is 1. The van der Waals surface area contributed by atoms with Gasteiger partial charge in [0.2, 0.25) is 0 Å². The average Bonchev–Trinajstić information content (AvgIpc) is 3.42. The van der Waals surface area contributed by atoms with E-state index in [4.69, 9.17) is 23.2 Å². The molecule has 128 valence electrons. The fraction of sp³-hybridized carbons (Fsp3) is 0.278. The molecule has 0 atom stereocenters. The van der Waals surface area contributed by atoms with Gasteiger partial charge in [-0.1, -0.05) is 29.3 Å². The Kier molecular flexibility index (Phi) is 4.23. The fourth-order valence-electron chi connectivity index (χ4n) is 3.05. The first-order valence-electron chi connectivity index (χ1n) is 8.03. The summed E-state index contributed by atoms with van der Waals surface area (Å²) < 4.78 is 0. The maximum atomic E-state index is 12.7. The molecule has 0 bridgehead atoms. The third-order valence-electron chi connectivity index (χ3n) is 4.51. The molecule has 1 saturated carbocycles. The number of amides is 2. The lowest BCUT2D eigenvalue weighted by Crippen LogP contribution is -2.42. The van der Waals surface area contributed by atoms with Crippen molar-refractivity contribution in [3.05, 3.63) is 63.4 Å². The molecular formula is C18H15Cl2N3O2. The van der Waals surface area contributed by atoms with E-state index < -0.39 is 0 Å². The summed E-state index contributed by atoms with van der Waals surface area (Å²) in [4.78, 5) is 32.9. The summed E-state index contributed by atoms with van der Waals surface area (Å²) in [6.45, 7) is 0.897. The van der Waals surface area contributed by atoms with E-state index in [-0.39, 0.29) is 28.5 Å². The van der Waals surface area contributed by atoms with Gasteiger partial charge in [0.1, 0.15) is 0 Å². The molecule has 2 aliphatic rings. The van der Waals surface area contributed by atoms with Gasteiger partial charge in [-0.05, 0) is 36.6 Å². The van der Waals surface area contributed by atoms with Crippen LogP contribution in [0.1, 0.15) is 39.1 Å². The minimum absolute atomic E-state index is 0.251. The zero-order chi connectivity index (χ0) is 17.6. The van der Waals surface area contributed by atoms with E-state index in [0.717, 1.165) is 18.4 Å². The molecule has 25 heavy (non-hydrogen) atoms. The maximum Gasteiger partial charge on any atom is 0.262 e. The number of hydrogen-bond acceptors (Lipinski definition) is 4. The molecule has 1 aromatic carbocycles. The minimum atomic E-state index is -0.324. The lowest BCUT2D eigenvalue weighted by molar-refractivity contribution is 0.0522. The van der Waals surface area contributed by atoms with Crippen LogP contribution >= 0.6 is 23.2 Å². The molecule has 7 heteroatoms. The number of benzene rings is 1. The van der Waals surface area contributed by atoms with Crippen LogP contribution in [0.3, 0.4) is 0 Å². The SMILES string of the molecule is O=C1c2cc(Cl)c(Cl)cc2C(=O)N1CN(Cc1cccnc1)C1CC1. The highest BCUT2D eigenvalue weighted by Gasteiger charge is 2.39. The number of nitrogens with zero attached hydrogens (tertiary/aromatic N) is 3. The van der Waals surface area contributed by atoms with Gasteiger partial charge in [-0.15, -0.1) is 0 Å². The zero-order valence-corrected chi connectivity index (χ0v) is 14.8. The molecule has 4 rings (SSSR count). The second-order valence-electron chi connectivity index (χ2n) is 6.33. The molecular weight excluding hydrogens is 361 g/mol. The van der Waals surface area contributed by atoms with Gasteiger partial charge in [0.15, 0.2) is 0 Å². The average molecular weight is 376 g/mol. The standard InChI is InChI=1S/C18H15Cl2N3O2/c19-15-6-13-14(7-16(15)20)18(25)23(17(13)24)10-22(12-3-4-12)9-11-2-1-5-21-8-11/h1-2,5-8,12H,3-4,9-10H2. The van der Waals surface area contributed by atoms with Crippen LogP contribution in [0.2, 0.25) is 10.0 Å². The Hall–Kier alpha value is -1.95. The van der Waals surface area contributed by atoms with Crippen LogP contribution in [0.4, 0.5) is 0 Å². The lowest BCUT2D eigenvalue weighted by Gasteiger charge is -2.26. The first-order valence-corrected chi connectivity index (χ1v) is 8.78. The van der Waals surface area contributed by atoms with Crippen LogP contribution in [-0.2, 0) is 6.54 Å². The molecule has 0 saturated heterocycles. The Labute approximate surface area is 155 Å². The summed E-state index contributed by atoms with van der Waals surface area (Å²) in [5, 5.41) is 0.552. The normalized spacial score (nSPS) is 16.7. The van der Waals surface area contributed by atoms with Gasteiger partial charge in [-0.3, -0.25) is 24.4 Å². The molecule has 5 nitrogen and oxygen atoms in total. The number of pyridine rings is 1. The minimum Gasteiger partial charge on any atom is -0.278 e. The highest BCUT2D eigenvalue weighted by molar-refractivity contribution is 6.43. The van der Waals surface area contributed by atoms with E-state index in [9.17, 15) is 9.59 Å². The van der Waals surface area contributed by atoms with Crippen LogP contribution in [0.25, 0.3) is 0 Å². The number of aromatic nitrogens is 1. The predicted octanol–water partition coefficient (Wildman–Crippen LogP) is 3.61. The Morgan fingerprint density at radius 3 is 2.28 bits per heavy atom. The first kappa shape index (κ1) is 16.5. The van der Waals surface area contributed by atoms with Crippen molar-refractivity contribution in [2.75, 3.05) is 6.67 Å². The van der Waals surface area contributed by atoms with Crippen molar-refractivity contribution in [1.29, 1.82) is 0 Å². The molecule has 1 aliphatic heterocycles. The highest BCUT2D eigenvalue weighted by atomic mass is 35.5. The van der Waals surface area contributed by atoms with Gasteiger partial charge < -0.3 is 0 Å². The van der Waals surface area contributed by atoms with Crippen LogP contribution in [0.15, 0.2) is 36.7 Å². The maximum absolute atomic E-state index is 12.7. The summed E-state index contributed by atoms with van der Waals surface area (Å²) in [6, 6.07) is 7.21. The van der Waals surface area contributed by atoms with Crippen molar-refractivity contribution in [2.45, 2.75) is 25.4 Å². The first-order chi connectivity index (χ1) is 12.0. The summed E-state index contributed by atoms with van der Waals surface area (Å²) in [6.07, 6.45) is 5.67. The summed E-state index contributed by atoms with van der Waals surface area (Å²) in [5.74, 6) is -0.647. The monoisotopic (exact) mass is 375 g/mol. The van der Waals surface area contributed by atoms with Crippen LogP contribution in [-0.4, -0.2) is 39.3 Å². The molecule has 2 heterocycles. The van der Waals surface area contributed by atoms with Gasteiger partial charge in [-0.25, -0.2) is 0 Å². The lowest BCUT2D eigenvalue weighted by atomic mass is 10.1. The molecule has 0 unspecified atom stereocenters. The Morgan fingerprint density at radius 1 is 1.12 bits per heavy atom. The Balaban J connectivity index is 1.57. The molecule has 1 fully saturated rings. The Morgan fingerprint density at radius 2 is 1.76 bits per heavy atom. The van der Waals surface area contributed by atoms with Gasteiger partial charge >= 0.3 is 0 Å². The predicted molar refractivity (Wildman–Crippen MR) is 94.6 cm³/mol. The summed E-state index contributed by atoms with van der Waals surface area (Å²) in [5.41, 5.74) is 1.69.